The van der Waals surface area contributed by atoms with Gasteiger partial charge in [0.25, 0.3) is 0 Å². The SMILES string of the molecule is CC(Cl)c1nc2c(F)cc(F)cc2n1N1CCN(C)CC1. The van der Waals surface area contributed by atoms with Gasteiger partial charge in [-0.3, -0.25) is 0 Å². The van der Waals surface area contributed by atoms with Crippen LogP contribution in [-0.4, -0.2) is 47.8 Å². The van der Waals surface area contributed by atoms with E-state index in [0.717, 1.165) is 32.2 Å². The minimum atomic E-state index is -0.656. The van der Waals surface area contributed by atoms with Crippen molar-refractivity contribution in [1.82, 2.24) is 14.6 Å². The fraction of sp³-hybridized carbons (Fsp3) is 0.500. The largest absolute Gasteiger partial charge is 0.308 e. The number of alkyl halides is 1. The summed E-state index contributed by atoms with van der Waals surface area (Å²) < 4.78 is 29.3. The van der Waals surface area contributed by atoms with Crippen molar-refractivity contribution in [1.29, 1.82) is 0 Å². The molecule has 1 atom stereocenters. The minimum Gasteiger partial charge on any atom is -0.308 e. The Morgan fingerprint density at radius 1 is 1.19 bits per heavy atom. The van der Waals surface area contributed by atoms with E-state index in [2.05, 4.69) is 9.88 Å². The number of benzene rings is 1. The van der Waals surface area contributed by atoms with Gasteiger partial charge < -0.3 is 9.91 Å². The Bertz CT molecular complexity index is 663. The third kappa shape index (κ3) is 2.58. The molecular formula is C14H17ClF2N4. The summed E-state index contributed by atoms with van der Waals surface area (Å²) in [6.07, 6.45) is 0. The summed E-state index contributed by atoms with van der Waals surface area (Å²) in [6, 6.07) is 2.17. The van der Waals surface area contributed by atoms with E-state index in [1.165, 1.54) is 6.07 Å². The van der Waals surface area contributed by atoms with Gasteiger partial charge in [-0.1, -0.05) is 0 Å². The van der Waals surface area contributed by atoms with Crippen LogP contribution in [0.1, 0.15) is 18.1 Å². The molecule has 7 heteroatoms. The van der Waals surface area contributed by atoms with E-state index in [4.69, 9.17) is 11.6 Å². The highest BCUT2D eigenvalue weighted by molar-refractivity contribution is 6.20. The maximum absolute atomic E-state index is 13.9. The van der Waals surface area contributed by atoms with Crippen molar-refractivity contribution < 1.29 is 8.78 Å². The van der Waals surface area contributed by atoms with Gasteiger partial charge in [-0.15, -0.1) is 11.6 Å². The Labute approximate surface area is 126 Å². The van der Waals surface area contributed by atoms with Crippen LogP contribution in [0.4, 0.5) is 8.78 Å². The molecule has 1 aliphatic heterocycles. The predicted molar refractivity (Wildman–Crippen MR) is 79.4 cm³/mol. The molecule has 0 spiro atoms. The average molecular weight is 315 g/mol. The highest BCUT2D eigenvalue weighted by Gasteiger charge is 2.24. The van der Waals surface area contributed by atoms with Gasteiger partial charge in [0, 0.05) is 38.3 Å². The molecule has 2 heterocycles. The molecule has 114 valence electrons. The van der Waals surface area contributed by atoms with Crippen LogP contribution in [0.25, 0.3) is 11.0 Å². The van der Waals surface area contributed by atoms with Crippen molar-refractivity contribution in [2.24, 2.45) is 0 Å². The van der Waals surface area contributed by atoms with Gasteiger partial charge in [-0.05, 0) is 14.0 Å². The molecule has 1 aromatic heterocycles. The van der Waals surface area contributed by atoms with Gasteiger partial charge in [0.15, 0.2) is 5.82 Å². The van der Waals surface area contributed by atoms with Gasteiger partial charge >= 0.3 is 0 Å². The van der Waals surface area contributed by atoms with Crippen molar-refractivity contribution >= 4 is 22.6 Å². The third-order valence-electron chi connectivity index (χ3n) is 3.80. The van der Waals surface area contributed by atoms with Gasteiger partial charge in [-0.2, -0.15) is 0 Å². The van der Waals surface area contributed by atoms with E-state index in [1.54, 1.807) is 11.6 Å². The zero-order valence-electron chi connectivity index (χ0n) is 12.0. The molecule has 0 radical (unpaired) electrons. The summed E-state index contributed by atoms with van der Waals surface area (Å²) in [5.74, 6) is -0.721. The van der Waals surface area contributed by atoms with Gasteiger partial charge in [0.1, 0.15) is 17.2 Å². The summed E-state index contributed by atoms with van der Waals surface area (Å²) >= 11 is 6.18. The quantitative estimate of drug-likeness (QED) is 0.796. The van der Waals surface area contributed by atoms with Crippen LogP contribution in [0.2, 0.25) is 0 Å². The first kappa shape index (κ1) is 14.5. The second-order valence-corrected chi connectivity index (χ2v) is 6.06. The van der Waals surface area contributed by atoms with Crippen LogP contribution < -0.4 is 5.01 Å². The molecule has 1 unspecified atom stereocenters. The van der Waals surface area contributed by atoms with Gasteiger partial charge in [-0.25, -0.2) is 18.4 Å². The topological polar surface area (TPSA) is 24.3 Å². The zero-order chi connectivity index (χ0) is 15.1. The molecule has 0 amide bonds. The highest BCUT2D eigenvalue weighted by atomic mass is 35.5. The van der Waals surface area contributed by atoms with Crippen LogP contribution in [0.5, 0.6) is 0 Å². The highest BCUT2D eigenvalue weighted by Crippen LogP contribution is 2.27. The molecule has 1 fully saturated rings. The lowest BCUT2D eigenvalue weighted by atomic mass is 10.3. The lowest BCUT2D eigenvalue weighted by molar-refractivity contribution is 0.287. The fourth-order valence-corrected chi connectivity index (χ4v) is 2.80. The maximum atomic E-state index is 13.9. The fourth-order valence-electron chi connectivity index (χ4n) is 2.66. The Kier molecular flexibility index (Phi) is 3.75. The maximum Gasteiger partial charge on any atom is 0.154 e. The van der Waals surface area contributed by atoms with E-state index in [0.29, 0.717) is 11.3 Å². The number of hydrogen-bond donors (Lipinski definition) is 0. The molecule has 4 nitrogen and oxygen atoms in total. The number of hydrogen-bond acceptors (Lipinski definition) is 3. The van der Waals surface area contributed by atoms with Crippen molar-refractivity contribution in [2.45, 2.75) is 12.3 Å². The van der Waals surface area contributed by atoms with Crippen molar-refractivity contribution in [3.8, 4) is 0 Å². The first-order valence-electron chi connectivity index (χ1n) is 6.92. The van der Waals surface area contributed by atoms with Crippen LogP contribution in [0.3, 0.4) is 0 Å². The molecule has 0 saturated carbocycles. The number of imidazole rings is 1. The lowest BCUT2D eigenvalue weighted by Crippen LogP contribution is -2.50. The van der Waals surface area contributed by atoms with Gasteiger partial charge in [0.05, 0.1) is 10.9 Å². The summed E-state index contributed by atoms with van der Waals surface area (Å²) in [4.78, 5) is 6.49. The zero-order valence-corrected chi connectivity index (χ0v) is 12.7. The number of likely N-dealkylation sites (N-methyl/N-ethyl adjacent to an activating group) is 1. The first-order chi connectivity index (χ1) is 9.97. The van der Waals surface area contributed by atoms with E-state index < -0.39 is 11.6 Å². The number of halogens is 3. The summed E-state index contributed by atoms with van der Waals surface area (Å²) in [7, 11) is 2.05. The average Bonchev–Trinajstić information content (AvgIpc) is 2.79. The molecule has 0 aliphatic carbocycles. The van der Waals surface area contributed by atoms with Crippen molar-refractivity contribution in [2.75, 3.05) is 38.2 Å². The number of nitrogens with zero attached hydrogens (tertiary/aromatic N) is 4. The smallest absolute Gasteiger partial charge is 0.154 e. The summed E-state index contributed by atoms with van der Waals surface area (Å²) in [5.41, 5.74) is 0.595. The van der Waals surface area contributed by atoms with Crippen LogP contribution >= 0.6 is 11.6 Å². The number of fused-ring (bicyclic) bond motifs is 1. The Morgan fingerprint density at radius 3 is 2.48 bits per heavy atom. The molecule has 3 rings (SSSR count). The summed E-state index contributed by atoms with van der Waals surface area (Å²) in [6.45, 7) is 5.07. The van der Waals surface area contributed by atoms with E-state index in [9.17, 15) is 8.78 Å². The molecule has 2 aromatic rings. The Balaban J connectivity index is 2.16. The number of piperazine rings is 1. The Hall–Kier alpha value is -1.40. The standard InChI is InChI=1S/C14H17ClF2N4/c1-9(15)14-18-13-11(17)7-10(16)8-12(13)21(14)20-5-3-19(2)4-6-20/h7-9H,3-6H2,1-2H3. The van der Waals surface area contributed by atoms with Crippen molar-refractivity contribution in [3.63, 3.8) is 0 Å². The first-order valence-corrected chi connectivity index (χ1v) is 7.36. The Morgan fingerprint density at radius 2 is 1.86 bits per heavy atom. The lowest BCUT2D eigenvalue weighted by Gasteiger charge is -2.35. The van der Waals surface area contributed by atoms with Crippen LogP contribution in [0.15, 0.2) is 12.1 Å². The molecule has 0 bridgehead atoms. The second kappa shape index (κ2) is 5.42. The molecule has 1 saturated heterocycles. The monoisotopic (exact) mass is 314 g/mol. The van der Waals surface area contributed by atoms with E-state index in [-0.39, 0.29) is 10.9 Å². The third-order valence-corrected chi connectivity index (χ3v) is 3.99. The van der Waals surface area contributed by atoms with Crippen LogP contribution in [0, 0.1) is 11.6 Å². The van der Waals surface area contributed by atoms with Crippen molar-refractivity contribution in [3.05, 3.63) is 29.6 Å². The predicted octanol–water partition coefficient (Wildman–Crippen LogP) is 2.50. The van der Waals surface area contributed by atoms with E-state index in [1.807, 2.05) is 12.1 Å². The van der Waals surface area contributed by atoms with E-state index >= 15 is 0 Å². The number of rotatable bonds is 2. The van der Waals surface area contributed by atoms with Gasteiger partial charge in [0.2, 0.25) is 0 Å². The molecule has 0 N–H and O–H groups in total. The summed E-state index contributed by atoms with van der Waals surface area (Å²) in [5, 5.41) is 1.65. The number of aromatic nitrogens is 2. The second-order valence-electron chi connectivity index (χ2n) is 5.41. The molecule has 21 heavy (non-hydrogen) atoms. The molecular weight excluding hydrogens is 298 g/mol. The minimum absolute atomic E-state index is 0.165. The molecule has 1 aromatic carbocycles. The molecule has 1 aliphatic rings. The normalized spacial score (nSPS) is 18.4. The van der Waals surface area contributed by atoms with Crippen LogP contribution in [-0.2, 0) is 0 Å².